The summed E-state index contributed by atoms with van der Waals surface area (Å²) >= 11 is 0. The van der Waals surface area contributed by atoms with Crippen LogP contribution >= 0.6 is 0 Å². The van der Waals surface area contributed by atoms with Gasteiger partial charge in [-0.05, 0) is 29.7 Å². The molecule has 0 bridgehead atoms. The fourth-order valence-electron chi connectivity index (χ4n) is 2.58. The summed E-state index contributed by atoms with van der Waals surface area (Å²) in [5.74, 6) is 1.42. The van der Waals surface area contributed by atoms with Crippen LogP contribution in [0.1, 0.15) is 36.5 Å². The lowest BCUT2D eigenvalue weighted by atomic mass is 10.0. The van der Waals surface area contributed by atoms with Crippen molar-refractivity contribution in [2.75, 3.05) is 0 Å². The van der Waals surface area contributed by atoms with E-state index in [-0.39, 0.29) is 0 Å². The van der Waals surface area contributed by atoms with Crippen molar-refractivity contribution < 1.29 is 4.58 Å². The SMILES string of the molecule is CC(C)c1ccc([N+]2=C(N)c3ccccc3C2)cc1. The number of hydrogen-bond acceptors (Lipinski definition) is 1. The van der Waals surface area contributed by atoms with Crippen LogP contribution < -0.4 is 5.73 Å². The van der Waals surface area contributed by atoms with Crippen LogP contribution in [0.4, 0.5) is 5.69 Å². The van der Waals surface area contributed by atoms with Gasteiger partial charge in [-0.15, -0.1) is 0 Å². The van der Waals surface area contributed by atoms with Crippen LogP contribution in [-0.2, 0) is 6.54 Å². The Morgan fingerprint density at radius 2 is 1.68 bits per heavy atom. The van der Waals surface area contributed by atoms with E-state index in [9.17, 15) is 0 Å². The van der Waals surface area contributed by atoms with E-state index in [4.69, 9.17) is 5.73 Å². The third-order valence-electron chi connectivity index (χ3n) is 3.78. The maximum absolute atomic E-state index is 6.26. The van der Waals surface area contributed by atoms with Gasteiger partial charge in [0.1, 0.15) is 12.2 Å². The van der Waals surface area contributed by atoms with E-state index in [1.54, 1.807) is 0 Å². The molecule has 0 spiro atoms. The smallest absolute Gasteiger partial charge is 0.280 e. The van der Waals surface area contributed by atoms with Crippen LogP contribution in [0.25, 0.3) is 0 Å². The van der Waals surface area contributed by atoms with Gasteiger partial charge in [-0.3, -0.25) is 5.73 Å². The van der Waals surface area contributed by atoms with E-state index in [0.717, 1.165) is 23.6 Å². The molecule has 0 aromatic heterocycles. The number of hydrogen-bond donors (Lipinski definition) is 1. The minimum Gasteiger partial charge on any atom is -0.286 e. The third kappa shape index (κ3) is 2.03. The van der Waals surface area contributed by atoms with Crippen LogP contribution in [0.3, 0.4) is 0 Å². The van der Waals surface area contributed by atoms with Crippen molar-refractivity contribution in [2.45, 2.75) is 26.3 Å². The Morgan fingerprint density at radius 3 is 2.32 bits per heavy atom. The molecule has 19 heavy (non-hydrogen) atoms. The van der Waals surface area contributed by atoms with Crippen molar-refractivity contribution in [3.05, 3.63) is 65.2 Å². The standard InChI is InChI=1S/C17H18N2/c1-12(2)13-7-9-15(10-8-13)19-11-14-5-3-4-6-16(14)17(19)18/h3-10,12,18H,11H2,1-2H3/p+1. The van der Waals surface area contributed by atoms with Crippen molar-refractivity contribution in [1.82, 2.24) is 0 Å². The van der Waals surface area contributed by atoms with Crippen molar-refractivity contribution in [1.29, 1.82) is 0 Å². The van der Waals surface area contributed by atoms with Gasteiger partial charge in [0.05, 0.1) is 5.56 Å². The van der Waals surface area contributed by atoms with Crippen LogP contribution in [0.15, 0.2) is 48.5 Å². The number of rotatable bonds is 2. The van der Waals surface area contributed by atoms with Crippen molar-refractivity contribution in [3.8, 4) is 0 Å². The lowest BCUT2D eigenvalue weighted by molar-refractivity contribution is -0.453. The third-order valence-corrected chi connectivity index (χ3v) is 3.78. The lowest BCUT2D eigenvalue weighted by Gasteiger charge is -2.07. The van der Waals surface area contributed by atoms with Gasteiger partial charge in [-0.2, -0.15) is 0 Å². The van der Waals surface area contributed by atoms with Crippen molar-refractivity contribution in [3.63, 3.8) is 0 Å². The number of fused-ring (bicyclic) bond motifs is 1. The van der Waals surface area contributed by atoms with E-state index in [2.05, 4.69) is 60.9 Å². The second-order valence-electron chi connectivity index (χ2n) is 5.37. The molecule has 0 aliphatic carbocycles. The molecule has 2 aromatic carbocycles. The number of nitrogens with zero attached hydrogens (tertiary/aromatic N) is 1. The summed E-state index contributed by atoms with van der Waals surface area (Å²) in [7, 11) is 0. The first kappa shape index (κ1) is 12.0. The molecule has 0 radical (unpaired) electrons. The molecule has 0 amide bonds. The van der Waals surface area contributed by atoms with Gasteiger partial charge in [0, 0.05) is 5.56 Å². The molecule has 1 heterocycles. The van der Waals surface area contributed by atoms with Crippen LogP contribution in [-0.4, -0.2) is 10.4 Å². The van der Waals surface area contributed by atoms with Crippen molar-refractivity contribution >= 4 is 11.5 Å². The van der Waals surface area contributed by atoms with Crippen LogP contribution in [0, 0.1) is 0 Å². The Hall–Kier alpha value is -2.09. The van der Waals surface area contributed by atoms with E-state index in [1.165, 1.54) is 11.1 Å². The highest BCUT2D eigenvalue weighted by Gasteiger charge is 2.25. The second kappa shape index (κ2) is 4.54. The quantitative estimate of drug-likeness (QED) is 0.815. The van der Waals surface area contributed by atoms with Crippen molar-refractivity contribution in [2.24, 2.45) is 5.73 Å². The number of amidine groups is 1. The van der Waals surface area contributed by atoms with E-state index in [0.29, 0.717) is 5.92 Å². The van der Waals surface area contributed by atoms with Gasteiger partial charge in [0.15, 0.2) is 0 Å². The van der Waals surface area contributed by atoms with Gasteiger partial charge >= 0.3 is 0 Å². The highest BCUT2D eigenvalue weighted by Crippen LogP contribution is 2.25. The first-order valence-electron chi connectivity index (χ1n) is 6.75. The van der Waals surface area contributed by atoms with Gasteiger partial charge in [-0.1, -0.05) is 44.2 Å². The zero-order valence-corrected chi connectivity index (χ0v) is 11.4. The molecule has 2 N–H and O–H groups in total. The highest BCUT2D eigenvalue weighted by molar-refractivity contribution is 5.97. The Labute approximate surface area is 114 Å². The fourth-order valence-corrected chi connectivity index (χ4v) is 2.58. The highest BCUT2D eigenvalue weighted by atomic mass is 15.1. The maximum atomic E-state index is 6.26. The average molecular weight is 251 g/mol. The maximum Gasteiger partial charge on any atom is 0.280 e. The molecule has 3 rings (SSSR count). The van der Waals surface area contributed by atoms with Crippen LogP contribution in [0.2, 0.25) is 0 Å². The van der Waals surface area contributed by atoms with E-state index >= 15 is 0 Å². The molecule has 0 unspecified atom stereocenters. The fraction of sp³-hybridized carbons (Fsp3) is 0.235. The predicted octanol–water partition coefficient (Wildman–Crippen LogP) is 3.37. The Balaban J connectivity index is 1.98. The number of benzene rings is 2. The summed E-state index contributed by atoms with van der Waals surface area (Å²) in [5, 5.41) is 0. The Morgan fingerprint density at radius 1 is 1.00 bits per heavy atom. The molecular weight excluding hydrogens is 232 g/mol. The minimum absolute atomic E-state index is 0.561. The molecule has 0 saturated heterocycles. The molecule has 1 aliphatic rings. The summed E-state index contributed by atoms with van der Waals surface area (Å²) in [6.07, 6.45) is 0. The summed E-state index contributed by atoms with van der Waals surface area (Å²) < 4.78 is 2.18. The lowest BCUT2D eigenvalue weighted by Crippen LogP contribution is -2.20. The molecule has 2 heteroatoms. The zero-order valence-electron chi connectivity index (χ0n) is 11.4. The van der Waals surface area contributed by atoms with Gasteiger partial charge in [-0.25, -0.2) is 4.58 Å². The summed E-state index contributed by atoms with van der Waals surface area (Å²) in [5.41, 5.74) is 11.2. The molecule has 96 valence electrons. The van der Waals surface area contributed by atoms with E-state index < -0.39 is 0 Å². The average Bonchev–Trinajstić information content (AvgIpc) is 2.77. The minimum atomic E-state index is 0.561. The topological polar surface area (TPSA) is 29.0 Å². The van der Waals surface area contributed by atoms with Gasteiger partial charge < -0.3 is 0 Å². The Bertz CT molecular complexity index is 637. The van der Waals surface area contributed by atoms with Crippen LogP contribution in [0.5, 0.6) is 0 Å². The Kier molecular flexibility index (Phi) is 2.86. The largest absolute Gasteiger partial charge is 0.286 e. The second-order valence-corrected chi connectivity index (χ2v) is 5.37. The summed E-state index contributed by atoms with van der Waals surface area (Å²) in [4.78, 5) is 0. The summed E-state index contributed by atoms with van der Waals surface area (Å²) in [6.45, 7) is 5.28. The first-order chi connectivity index (χ1) is 9.16. The molecule has 2 nitrogen and oxygen atoms in total. The summed E-state index contributed by atoms with van der Waals surface area (Å²) in [6, 6.07) is 17.0. The number of nitrogens with two attached hydrogens (primary N) is 1. The molecule has 0 atom stereocenters. The normalized spacial score (nSPS) is 14.1. The molecule has 0 fully saturated rings. The monoisotopic (exact) mass is 251 g/mol. The molecule has 2 aromatic rings. The molecule has 1 aliphatic heterocycles. The van der Waals surface area contributed by atoms with E-state index in [1.807, 2.05) is 6.07 Å². The van der Waals surface area contributed by atoms with Gasteiger partial charge in [0.2, 0.25) is 0 Å². The first-order valence-corrected chi connectivity index (χ1v) is 6.75. The zero-order chi connectivity index (χ0) is 13.4. The molecule has 0 saturated carbocycles. The predicted molar refractivity (Wildman–Crippen MR) is 78.9 cm³/mol. The van der Waals surface area contributed by atoms with Gasteiger partial charge in [0.25, 0.3) is 5.84 Å². The molecular formula is C17H19N2+.